The van der Waals surface area contributed by atoms with Crippen LogP contribution in [0.1, 0.15) is 44.0 Å². The van der Waals surface area contributed by atoms with Gasteiger partial charge in [0.1, 0.15) is 24.8 Å². The molecule has 194 valence electrons. The third-order valence-electron chi connectivity index (χ3n) is 4.66. The monoisotopic (exact) mass is 549 g/mol. The van der Waals surface area contributed by atoms with Crippen molar-refractivity contribution in [2.75, 3.05) is 26.0 Å². The van der Waals surface area contributed by atoms with E-state index in [1.807, 2.05) is 0 Å². The van der Waals surface area contributed by atoms with Crippen molar-refractivity contribution in [3.63, 3.8) is 0 Å². The first-order valence-electron chi connectivity index (χ1n) is 10.7. The van der Waals surface area contributed by atoms with Crippen molar-refractivity contribution in [3.8, 4) is 5.75 Å². The van der Waals surface area contributed by atoms with Crippen molar-refractivity contribution >= 4 is 51.0 Å². The molecule has 1 aliphatic heterocycles. The molecule has 0 radical (unpaired) electrons. The van der Waals surface area contributed by atoms with Gasteiger partial charge in [-0.25, -0.2) is 13.4 Å². The number of hydrogen-bond acceptors (Lipinski definition) is 7. The number of nitrogens with one attached hydrogen (secondary N) is 1. The zero-order valence-electron chi connectivity index (χ0n) is 20.0. The van der Waals surface area contributed by atoms with Crippen LogP contribution < -0.4 is 10.1 Å². The average molecular weight is 550 g/mol. The molecule has 2 amide bonds. The number of halogens is 2. The lowest BCUT2D eigenvalue weighted by Gasteiger charge is -2.32. The van der Waals surface area contributed by atoms with E-state index in [4.69, 9.17) is 32.7 Å². The highest BCUT2D eigenvalue weighted by molar-refractivity contribution is 7.88. The smallest absolute Gasteiger partial charge is 0.327 e. The van der Waals surface area contributed by atoms with Gasteiger partial charge in [0.05, 0.1) is 16.3 Å². The van der Waals surface area contributed by atoms with E-state index in [0.717, 1.165) is 15.7 Å². The zero-order chi connectivity index (χ0) is 26.6. The number of carbonyl (C=O) groups is 3. The molecular weight excluding hydrogens is 521 g/mol. The van der Waals surface area contributed by atoms with E-state index in [2.05, 4.69) is 11.9 Å². The van der Waals surface area contributed by atoms with Gasteiger partial charge < -0.3 is 14.8 Å². The van der Waals surface area contributed by atoms with E-state index < -0.39 is 46.0 Å². The quantitative estimate of drug-likeness (QED) is 0.390. The molecule has 1 atom stereocenters. The van der Waals surface area contributed by atoms with Gasteiger partial charge in [0.15, 0.2) is 5.75 Å². The Kier molecular flexibility index (Phi) is 9.57. The first-order valence-corrected chi connectivity index (χ1v) is 13.3. The Morgan fingerprint density at radius 2 is 1.86 bits per heavy atom. The normalized spacial score (nSPS) is 17.5. The summed E-state index contributed by atoms with van der Waals surface area (Å²) in [5.41, 5.74) is -0.767. The fourth-order valence-electron chi connectivity index (χ4n) is 3.31. The maximum atomic E-state index is 13.3. The molecule has 10 nitrogen and oxygen atoms in total. The van der Waals surface area contributed by atoms with Gasteiger partial charge in [-0.2, -0.15) is 0 Å². The number of sulfonamides is 1. The minimum Gasteiger partial charge on any atom is -0.486 e. The molecule has 0 saturated carbocycles. The van der Waals surface area contributed by atoms with E-state index in [9.17, 15) is 22.8 Å². The maximum absolute atomic E-state index is 13.3. The molecule has 1 N–H and O–H groups in total. The van der Waals surface area contributed by atoms with Gasteiger partial charge >= 0.3 is 5.97 Å². The molecule has 0 spiro atoms. The fourth-order valence-corrected chi connectivity index (χ4v) is 4.86. The molecule has 1 unspecified atom stereocenters. The molecule has 1 fully saturated rings. The van der Waals surface area contributed by atoms with Crippen LogP contribution in [0.2, 0.25) is 10.0 Å². The van der Waals surface area contributed by atoms with Gasteiger partial charge in [0.25, 0.3) is 11.8 Å². The Morgan fingerprint density at radius 3 is 2.37 bits per heavy atom. The molecule has 1 aromatic carbocycles. The van der Waals surface area contributed by atoms with Crippen molar-refractivity contribution in [2.24, 2.45) is 0 Å². The zero-order valence-corrected chi connectivity index (χ0v) is 22.3. The van der Waals surface area contributed by atoms with Crippen molar-refractivity contribution < 1.29 is 32.3 Å². The number of ether oxygens (including phenoxy) is 2. The lowest BCUT2D eigenvalue weighted by atomic mass is 10.1. The van der Waals surface area contributed by atoms with Crippen LogP contribution in [0.4, 0.5) is 0 Å². The second kappa shape index (κ2) is 11.6. The second-order valence-corrected chi connectivity index (χ2v) is 11.5. The second-order valence-electron chi connectivity index (χ2n) is 8.83. The molecule has 1 aliphatic rings. The number of amides is 2. The van der Waals surface area contributed by atoms with Crippen LogP contribution in [0, 0.1) is 0 Å². The van der Waals surface area contributed by atoms with E-state index in [1.54, 1.807) is 20.8 Å². The van der Waals surface area contributed by atoms with Gasteiger partial charge in [-0.3, -0.25) is 14.4 Å². The maximum Gasteiger partial charge on any atom is 0.327 e. The lowest BCUT2D eigenvalue weighted by Crippen LogP contribution is -2.56. The highest BCUT2D eigenvalue weighted by atomic mass is 35.5. The molecular formula is C22H29Cl2N3O7S. The fraction of sp³-hybridized carbons (Fsp3) is 0.500. The number of carbonyl (C=O) groups excluding carboxylic acids is 3. The molecule has 0 bridgehead atoms. The summed E-state index contributed by atoms with van der Waals surface area (Å²) in [5.74, 6) is -2.04. The Bertz CT molecular complexity index is 1080. The summed E-state index contributed by atoms with van der Waals surface area (Å²) in [5, 5.41) is 3.57. The largest absolute Gasteiger partial charge is 0.486 e. The minimum atomic E-state index is -3.89. The van der Waals surface area contributed by atoms with Crippen molar-refractivity contribution in [1.29, 1.82) is 0 Å². The number of benzene rings is 1. The number of hydrogen-bond donors (Lipinski definition) is 1. The summed E-state index contributed by atoms with van der Waals surface area (Å²) in [6.07, 6.45) is 2.84. The van der Waals surface area contributed by atoms with Crippen LogP contribution in [0.15, 0.2) is 24.8 Å². The number of rotatable bonds is 8. The van der Waals surface area contributed by atoms with Gasteiger partial charge in [-0.15, -0.1) is 4.41 Å². The highest BCUT2D eigenvalue weighted by Gasteiger charge is 2.38. The van der Waals surface area contributed by atoms with E-state index in [1.165, 1.54) is 18.2 Å². The first-order chi connectivity index (χ1) is 16.1. The van der Waals surface area contributed by atoms with Crippen LogP contribution in [-0.2, 0) is 24.3 Å². The van der Waals surface area contributed by atoms with E-state index >= 15 is 0 Å². The summed E-state index contributed by atoms with van der Waals surface area (Å²) >= 11 is 12.4. The van der Waals surface area contributed by atoms with E-state index in [-0.39, 0.29) is 47.4 Å². The van der Waals surface area contributed by atoms with E-state index in [0.29, 0.717) is 0 Å². The SMILES string of the molecule is C=CCOc1c(Cl)cc(C(=O)NC2CCCN(S(C)(=O)=O)N(CC(=O)OC(C)(C)C)C2=O)cc1Cl. The molecule has 0 aromatic heterocycles. The van der Waals surface area contributed by atoms with Gasteiger partial charge in [0, 0.05) is 12.1 Å². The first kappa shape index (κ1) is 28.9. The molecule has 1 heterocycles. The number of esters is 1. The third-order valence-corrected chi connectivity index (χ3v) is 6.36. The Hall–Kier alpha value is -2.34. The molecule has 1 aromatic rings. The topological polar surface area (TPSA) is 122 Å². The van der Waals surface area contributed by atoms with Crippen molar-refractivity contribution in [2.45, 2.75) is 45.3 Å². The van der Waals surface area contributed by atoms with Crippen molar-refractivity contribution in [3.05, 3.63) is 40.4 Å². The predicted octanol–water partition coefficient (Wildman–Crippen LogP) is 2.80. The Balaban J connectivity index is 2.28. The van der Waals surface area contributed by atoms with Crippen LogP contribution >= 0.6 is 23.2 Å². The van der Waals surface area contributed by atoms with Crippen LogP contribution in [0.5, 0.6) is 5.75 Å². The third kappa shape index (κ3) is 8.09. The Morgan fingerprint density at radius 1 is 1.26 bits per heavy atom. The predicted molar refractivity (Wildman–Crippen MR) is 132 cm³/mol. The highest BCUT2D eigenvalue weighted by Crippen LogP contribution is 2.34. The van der Waals surface area contributed by atoms with Gasteiger partial charge in [-0.05, 0) is 45.7 Å². The van der Waals surface area contributed by atoms with Crippen LogP contribution in [0.25, 0.3) is 0 Å². The molecule has 13 heteroatoms. The Labute approximate surface area is 215 Å². The summed E-state index contributed by atoms with van der Waals surface area (Å²) in [7, 11) is -3.89. The summed E-state index contributed by atoms with van der Waals surface area (Å²) in [6.45, 7) is 7.96. The van der Waals surface area contributed by atoms with Crippen LogP contribution in [0.3, 0.4) is 0 Å². The molecule has 2 rings (SSSR count). The number of nitrogens with zero attached hydrogens (tertiary/aromatic N) is 2. The van der Waals surface area contributed by atoms with Crippen molar-refractivity contribution in [1.82, 2.24) is 14.7 Å². The molecule has 1 saturated heterocycles. The summed E-state index contributed by atoms with van der Waals surface area (Å²) in [6, 6.07) is 1.57. The average Bonchev–Trinajstić information content (AvgIpc) is 2.85. The number of hydrazine groups is 1. The summed E-state index contributed by atoms with van der Waals surface area (Å²) < 4.78 is 36.1. The lowest BCUT2D eigenvalue weighted by molar-refractivity contribution is -0.164. The van der Waals surface area contributed by atoms with Gasteiger partial charge in [0.2, 0.25) is 10.0 Å². The van der Waals surface area contributed by atoms with Crippen LogP contribution in [-0.4, -0.2) is 73.2 Å². The molecule has 35 heavy (non-hydrogen) atoms. The minimum absolute atomic E-state index is 0.0489. The standard InChI is InChI=1S/C22H29Cl2N3O7S/c1-6-10-33-19-15(23)11-14(12-16(19)24)20(29)25-17-8-7-9-27(35(5,31)32)26(21(17)30)13-18(28)34-22(2,3)4/h6,11-12,17H,1,7-10,13H2,2-5H3,(H,25,29). The molecule has 0 aliphatic carbocycles. The summed E-state index contributed by atoms with van der Waals surface area (Å²) in [4.78, 5) is 38.6. The van der Waals surface area contributed by atoms with Gasteiger partial charge in [-0.1, -0.05) is 35.9 Å².